The Morgan fingerprint density at radius 2 is 2.15 bits per heavy atom. The van der Waals surface area contributed by atoms with Crippen molar-refractivity contribution in [1.82, 2.24) is 5.32 Å². The molecule has 0 aromatic carbocycles. The second kappa shape index (κ2) is 3.64. The molecule has 1 amide bonds. The van der Waals surface area contributed by atoms with Crippen LogP contribution >= 0.6 is 0 Å². The predicted molar refractivity (Wildman–Crippen MR) is 50.2 cm³/mol. The zero-order valence-electron chi connectivity index (χ0n) is 8.46. The van der Waals surface area contributed by atoms with Crippen LogP contribution in [-0.2, 0) is 9.53 Å². The number of hydrogen-bond donors (Lipinski definition) is 2. The highest BCUT2D eigenvalue weighted by atomic mass is 16.5. The smallest absolute Gasteiger partial charge is 0.246 e. The van der Waals surface area contributed by atoms with E-state index in [1.165, 1.54) is 0 Å². The molecule has 0 bridgehead atoms. The van der Waals surface area contributed by atoms with E-state index in [-0.39, 0.29) is 30.2 Å². The normalized spacial score (nSPS) is 27.1. The molecule has 0 aromatic heterocycles. The van der Waals surface area contributed by atoms with E-state index in [0.29, 0.717) is 0 Å². The quantitative estimate of drug-likeness (QED) is 0.653. The number of rotatable bonds is 3. The van der Waals surface area contributed by atoms with E-state index in [1.54, 1.807) is 0 Å². The Bertz CT molecular complexity index is 198. The van der Waals surface area contributed by atoms with Gasteiger partial charge in [-0.2, -0.15) is 0 Å². The lowest BCUT2D eigenvalue weighted by Crippen LogP contribution is -2.35. The van der Waals surface area contributed by atoms with Crippen molar-refractivity contribution < 1.29 is 9.53 Å². The topological polar surface area (TPSA) is 64.3 Å². The molecule has 0 aromatic rings. The first-order valence-corrected chi connectivity index (χ1v) is 4.57. The third kappa shape index (κ3) is 4.24. The van der Waals surface area contributed by atoms with Crippen LogP contribution in [0.25, 0.3) is 0 Å². The summed E-state index contributed by atoms with van der Waals surface area (Å²) in [6.45, 7) is 5.88. The highest BCUT2D eigenvalue weighted by Gasteiger charge is 2.34. The van der Waals surface area contributed by atoms with Gasteiger partial charge >= 0.3 is 0 Å². The van der Waals surface area contributed by atoms with Crippen molar-refractivity contribution in [2.24, 2.45) is 5.73 Å². The molecule has 3 N–H and O–H groups in total. The Balaban J connectivity index is 2.11. The van der Waals surface area contributed by atoms with Crippen molar-refractivity contribution in [2.45, 2.75) is 44.9 Å². The summed E-state index contributed by atoms with van der Waals surface area (Å²) in [6.07, 6.45) is 0.890. The SMILES string of the molecule is CC(C)(C)OCC(=O)NC1CC1N. The maximum atomic E-state index is 11.2. The molecule has 0 heterocycles. The molecule has 1 aliphatic rings. The lowest BCUT2D eigenvalue weighted by Gasteiger charge is -2.18. The van der Waals surface area contributed by atoms with E-state index in [9.17, 15) is 4.79 Å². The first kappa shape index (κ1) is 10.5. The Labute approximate surface area is 78.8 Å². The van der Waals surface area contributed by atoms with Crippen molar-refractivity contribution in [3.63, 3.8) is 0 Å². The summed E-state index contributed by atoms with van der Waals surface area (Å²) in [5, 5.41) is 2.79. The fourth-order valence-electron chi connectivity index (χ4n) is 0.911. The predicted octanol–water partition coefficient (Wildman–Crippen LogP) is 0.0173. The minimum Gasteiger partial charge on any atom is -0.366 e. The molecule has 1 saturated carbocycles. The molecular formula is C9H18N2O2. The van der Waals surface area contributed by atoms with Gasteiger partial charge in [-0.05, 0) is 27.2 Å². The third-order valence-corrected chi connectivity index (χ3v) is 1.82. The first-order chi connectivity index (χ1) is 5.88. The van der Waals surface area contributed by atoms with Gasteiger partial charge in [0.05, 0.1) is 5.60 Å². The van der Waals surface area contributed by atoms with Crippen LogP contribution in [0.2, 0.25) is 0 Å². The summed E-state index contributed by atoms with van der Waals surface area (Å²) < 4.78 is 5.30. The van der Waals surface area contributed by atoms with Crippen LogP contribution in [0, 0.1) is 0 Å². The highest BCUT2D eigenvalue weighted by Crippen LogP contribution is 2.17. The van der Waals surface area contributed by atoms with Crippen molar-refractivity contribution in [1.29, 1.82) is 0 Å². The largest absolute Gasteiger partial charge is 0.366 e. The second-order valence-corrected chi connectivity index (χ2v) is 4.47. The van der Waals surface area contributed by atoms with Gasteiger partial charge in [0.2, 0.25) is 5.91 Å². The average Bonchev–Trinajstić information content (AvgIpc) is 2.61. The monoisotopic (exact) mass is 186 g/mol. The fourth-order valence-corrected chi connectivity index (χ4v) is 0.911. The van der Waals surface area contributed by atoms with Crippen LogP contribution in [-0.4, -0.2) is 30.2 Å². The van der Waals surface area contributed by atoms with Crippen LogP contribution in [0.15, 0.2) is 0 Å². The van der Waals surface area contributed by atoms with E-state index in [0.717, 1.165) is 6.42 Å². The van der Waals surface area contributed by atoms with Crippen LogP contribution in [0.1, 0.15) is 27.2 Å². The van der Waals surface area contributed by atoms with Gasteiger partial charge in [0, 0.05) is 12.1 Å². The van der Waals surface area contributed by atoms with Gasteiger partial charge in [-0.1, -0.05) is 0 Å². The van der Waals surface area contributed by atoms with Crippen molar-refractivity contribution in [3.8, 4) is 0 Å². The number of amides is 1. The maximum absolute atomic E-state index is 11.2. The van der Waals surface area contributed by atoms with Crippen molar-refractivity contribution in [3.05, 3.63) is 0 Å². The van der Waals surface area contributed by atoms with Gasteiger partial charge in [0.1, 0.15) is 6.61 Å². The van der Waals surface area contributed by atoms with Crippen LogP contribution in [0.4, 0.5) is 0 Å². The van der Waals surface area contributed by atoms with Gasteiger partial charge in [-0.3, -0.25) is 4.79 Å². The molecule has 1 fully saturated rings. The number of hydrogen-bond acceptors (Lipinski definition) is 3. The van der Waals surface area contributed by atoms with Gasteiger partial charge in [0.15, 0.2) is 0 Å². The number of carbonyl (C=O) groups excluding carboxylic acids is 1. The van der Waals surface area contributed by atoms with Crippen molar-refractivity contribution in [2.75, 3.05) is 6.61 Å². The minimum atomic E-state index is -0.261. The summed E-state index contributed by atoms with van der Waals surface area (Å²) >= 11 is 0. The number of carbonyl (C=O) groups is 1. The van der Waals surface area contributed by atoms with Gasteiger partial charge < -0.3 is 15.8 Å². The number of nitrogens with one attached hydrogen (secondary N) is 1. The highest BCUT2D eigenvalue weighted by molar-refractivity contribution is 5.78. The molecule has 4 nitrogen and oxygen atoms in total. The fraction of sp³-hybridized carbons (Fsp3) is 0.889. The Morgan fingerprint density at radius 1 is 1.62 bits per heavy atom. The van der Waals surface area contributed by atoms with E-state index in [1.807, 2.05) is 20.8 Å². The second-order valence-electron chi connectivity index (χ2n) is 4.47. The lowest BCUT2D eigenvalue weighted by atomic mass is 10.2. The summed E-state index contributed by atoms with van der Waals surface area (Å²) in [7, 11) is 0. The Kier molecular flexibility index (Phi) is 2.93. The van der Waals surface area contributed by atoms with Gasteiger partial charge in [0.25, 0.3) is 0 Å². The molecule has 13 heavy (non-hydrogen) atoms. The molecule has 1 aliphatic carbocycles. The van der Waals surface area contributed by atoms with Crippen LogP contribution in [0.3, 0.4) is 0 Å². The molecule has 2 atom stereocenters. The molecule has 0 radical (unpaired) electrons. The van der Waals surface area contributed by atoms with E-state index in [4.69, 9.17) is 10.5 Å². The molecular weight excluding hydrogens is 168 g/mol. The lowest BCUT2D eigenvalue weighted by molar-refractivity contribution is -0.130. The summed E-state index contributed by atoms with van der Waals surface area (Å²) in [6, 6.07) is 0.328. The molecule has 1 rings (SSSR count). The molecule has 0 spiro atoms. The molecule has 4 heteroatoms. The maximum Gasteiger partial charge on any atom is 0.246 e. The number of ether oxygens (including phenoxy) is 1. The zero-order chi connectivity index (χ0) is 10.1. The molecule has 76 valence electrons. The first-order valence-electron chi connectivity index (χ1n) is 4.57. The van der Waals surface area contributed by atoms with E-state index >= 15 is 0 Å². The summed E-state index contributed by atoms with van der Waals surface area (Å²) in [4.78, 5) is 11.2. The molecule has 0 aliphatic heterocycles. The minimum absolute atomic E-state index is 0.0760. The molecule has 2 unspecified atom stereocenters. The van der Waals surface area contributed by atoms with E-state index < -0.39 is 0 Å². The van der Waals surface area contributed by atoms with Gasteiger partial charge in [-0.15, -0.1) is 0 Å². The molecule has 0 saturated heterocycles. The summed E-state index contributed by atoms with van der Waals surface area (Å²) in [5.74, 6) is -0.0760. The Hall–Kier alpha value is -0.610. The van der Waals surface area contributed by atoms with Gasteiger partial charge in [-0.25, -0.2) is 0 Å². The van der Waals surface area contributed by atoms with Crippen molar-refractivity contribution >= 4 is 5.91 Å². The van der Waals surface area contributed by atoms with E-state index in [2.05, 4.69) is 5.32 Å². The average molecular weight is 186 g/mol. The number of nitrogens with two attached hydrogens (primary N) is 1. The Morgan fingerprint density at radius 3 is 2.54 bits per heavy atom. The zero-order valence-corrected chi connectivity index (χ0v) is 8.46. The standard InChI is InChI=1S/C9H18N2O2/c1-9(2,3)13-5-8(12)11-7-4-6(7)10/h6-7H,4-5,10H2,1-3H3,(H,11,12). The third-order valence-electron chi connectivity index (χ3n) is 1.82. The summed E-state index contributed by atoms with van der Waals surface area (Å²) in [5.41, 5.74) is 5.28. The van der Waals surface area contributed by atoms with Crippen LogP contribution < -0.4 is 11.1 Å². The van der Waals surface area contributed by atoms with Crippen LogP contribution in [0.5, 0.6) is 0 Å².